The second kappa shape index (κ2) is 9.27. The molecule has 0 radical (unpaired) electrons. The molecule has 4 nitrogen and oxygen atoms in total. The molecule has 2 aromatic carbocycles. The van der Waals surface area contributed by atoms with Crippen molar-refractivity contribution in [1.82, 2.24) is 0 Å². The van der Waals surface area contributed by atoms with Gasteiger partial charge in [0, 0.05) is 5.56 Å². The van der Waals surface area contributed by atoms with Gasteiger partial charge in [-0.25, -0.2) is 4.79 Å². The van der Waals surface area contributed by atoms with E-state index in [2.05, 4.69) is 6.92 Å². The highest BCUT2D eigenvalue weighted by atomic mass is 16.5. The van der Waals surface area contributed by atoms with Crippen molar-refractivity contribution >= 4 is 5.97 Å². The van der Waals surface area contributed by atoms with Crippen molar-refractivity contribution in [3.63, 3.8) is 0 Å². The minimum atomic E-state index is -0.375. The number of rotatable bonds is 8. The van der Waals surface area contributed by atoms with Gasteiger partial charge in [-0.1, -0.05) is 43.5 Å². The molecular weight excluding hydrogens is 328 g/mol. The molecule has 2 aromatic rings. The third kappa shape index (κ3) is 4.18. The fraction of sp³-hybridized carbons (Fsp3) is 0.409. The van der Waals surface area contributed by atoms with Crippen molar-refractivity contribution in [3.8, 4) is 22.6 Å². The third-order valence-corrected chi connectivity index (χ3v) is 4.52. The highest BCUT2D eigenvalue weighted by Gasteiger charge is 2.22. The molecule has 0 spiro atoms. The summed E-state index contributed by atoms with van der Waals surface area (Å²) in [6.07, 6.45) is 4.35. The zero-order valence-corrected chi connectivity index (χ0v) is 16.3. The molecule has 26 heavy (non-hydrogen) atoms. The number of unbranched alkanes of at least 4 members (excludes halogenated alkanes) is 2. The molecule has 0 fully saturated rings. The maximum Gasteiger partial charge on any atom is 0.338 e. The van der Waals surface area contributed by atoms with Gasteiger partial charge in [-0.3, -0.25) is 0 Å². The lowest BCUT2D eigenvalue weighted by Crippen LogP contribution is -2.06. The number of ether oxygens (including phenoxy) is 3. The molecule has 0 amide bonds. The van der Waals surface area contributed by atoms with Crippen LogP contribution in [0, 0.1) is 6.92 Å². The number of hydrogen-bond acceptors (Lipinski definition) is 4. The first-order valence-electron chi connectivity index (χ1n) is 9.00. The van der Waals surface area contributed by atoms with Crippen LogP contribution in [0.4, 0.5) is 0 Å². The van der Waals surface area contributed by atoms with Gasteiger partial charge in [0.05, 0.1) is 32.5 Å². The monoisotopic (exact) mass is 356 g/mol. The summed E-state index contributed by atoms with van der Waals surface area (Å²) in [6.45, 7) is 4.18. The van der Waals surface area contributed by atoms with Crippen LogP contribution in [0.2, 0.25) is 0 Å². The average Bonchev–Trinajstić information content (AvgIpc) is 2.66. The maximum absolute atomic E-state index is 12.3. The lowest BCUT2D eigenvalue weighted by Gasteiger charge is -2.19. The lowest BCUT2D eigenvalue weighted by atomic mass is 9.93. The van der Waals surface area contributed by atoms with Crippen molar-refractivity contribution < 1.29 is 19.0 Å². The van der Waals surface area contributed by atoms with Crippen LogP contribution in [0.5, 0.6) is 11.5 Å². The first-order valence-corrected chi connectivity index (χ1v) is 9.00. The number of hydrogen-bond donors (Lipinski definition) is 0. The second-order valence-electron chi connectivity index (χ2n) is 6.33. The van der Waals surface area contributed by atoms with E-state index >= 15 is 0 Å². The Hall–Kier alpha value is -2.49. The fourth-order valence-electron chi connectivity index (χ4n) is 3.18. The summed E-state index contributed by atoms with van der Waals surface area (Å²) in [6, 6.07) is 9.66. The standard InChI is InChI=1S/C22H28O4/c1-6-7-8-9-16-11-13-19(24-3)20(21(16)25-4)18-14-15(2)10-12-17(18)22(23)26-5/h10-14H,6-9H2,1-5H3. The molecule has 0 saturated heterocycles. The van der Waals surface area contributed by atoms with Crippen molar-refractivity contribution in [1.29, 1.82) is 0 Å². The lowest BCUT2D eigenvalue weighted by molar-refractivity contribution is 0.0601. The summed E-state index contributed by atoms with van der Waals surface area (Å²) in [7, 11) is 4.68. The van der Waals surface area contributed by atoms with E-state index in [9.17, 15) is 4.79 Å². The van der Waals surface area contributed by atoms with Crippen LogP contribution in [0.1, 0.15) is 47.7 Å². The molecule has 0 atom stereocenters. The average molecular weight is 356 g/mol. The summed E-state index contributed by atoms with van der Waals surface area (Å²) in [5, 5.41) is 0. The number of esters is 1. The first kappa shape index (κ1) is 19.8. The summed E-state index contributed by atoms with van der Waals surface area (Å²) >= 11 is 0. The Balaban J connectivity index is 2.69. The van der Waals surface area contributed by atoms with Gasteiger partial charge in [-0.15, -0.1) is 0 Å². The van der Waals surface area contributed by atoms with E-state index in [1.54, 1.807) is 20.3 Å². The van der Waals surface area contributed by atoms with Gasteiger partial charge >= 0.3 is 5.97 Å². The minimum absolute atomic E-state index is 0.375. The van der Waals surface area contributed by atoms with Crippen LogP contribution in [0.3, 0.4) is 0 Å². The molecule has 2 rings (SSSR count). The zero-order valence-electron chi connectivity index (χ0n) is 16.3. The van der Waals surface area contributed by atoms with Crippen LogP contribution >= 0.6 is 0 Å². The van der Waals surface area contributed by atoms with Crippen LogP contribution in [0.15, 0.2) is 30.3 Å². The second-order valence-corrected chi connectivity index (χ2v) is 6.33. The van der Waals surface area contributed by atoms with Crippen LogP contribution in [0.25, 0.3) is 11.1 Å². The first-order chi connectivity index (χ1) is 12.6. The van der Waals surface area contributed by atoms with Crippen molar-refractivity contribution in [2.45, 2.75) is 39.5 Å². The Morgan fingerprint density at radius 2 is 1.77 bits per heavy atom. The normalized spacial score (nSPS) is 10.5. The van der Waals surface area contributed by atoms with E-state index in [1.807, 2.05) is 31.2 Å². The van der Waals surface area contributed by atoms with Crippen LogP contribution in [-0.2, 0) is 11.2 Å². The number of benzene rings is 2. The molecule has 4 heteroatoms. The Morgan fingerprint density at radius 3 is 2.38 bits per heavy atom. The zero-order chi connectivity index (χ0) is 19.1. The van der Waals surface area contributed by atoms with Gasteiger partial charge in [0.2, 0.25) is 0 Å². The third-order valence-electron chi connectivity index (χ3n) is 4.52. The van der Waals surface area contributed by atoms with Gasteiger partial charge in [0.25, 0.3) is 0 Å². The van der Waals surface area contributed by atoms with Crippen LogP contribution in [-0.4, -0.2) is 27.3 Å². The van der Waals surface area contributed by atoms with E-state index < -0.39 is 0 Å². The van der Waals surface area contributed by atoms with Gasteiger partial charge in [-0.05, 0) is 37.5 Å². The molecular formula is C22H28O4. The van der Waals surface area contributed by atoms with E-state index in [0.29, 0.717) is 11.3 Å². The molecule has 0 aliphatic rings. The molecule has 0 unspecified atom stereocenters. The van der Waals surface area contributed by atoms with E-state index in [-0.39, 0.29) is 5.97 Å². The smallest absolute Gasteiger partial charge is 0.338 e. The molecule has 0 aliphatic carbocycles. The topological polar surface area (TPSA) is 44.8 Å². The van der Waals surface area contributed by atoms with E-state index in [0.717, 1.165) is 47.3 Å². The highest BCUT2D eigenvalue weighted by molar-refractivity contribution is 5.99. The number of carbonyl (C=O) groups excluding carboxylic acids is 1. The van der Waals surface area contributed by atoms with Crippen molar-refractivity contribution in [3.05, 3.63) is 47.0 Å². The Kier molecular flexibility index (Phi) is 7.07. The Labute approximate surface area is 156 Å². The van der Waals surface area contributed by atoms with Gasteiger partial charge in [-0.2, -0.15) is 0 Å². The fourth-order valence-corrected chi connectivity index (χ4v) is 3.18. The van der Waals surface area contributed by atoms with E-state index in [4.69, 9.17) is 14.2 Å². The SMILES string of the molecule is CCCCCc1ccc(OC)c(-c2cc(C)ccc2C(=O)OC)c1OC. The molecule has 0 aromatic heterocycles. The quantitative estimate of drug-likeness (QED) is 0.482. The molecule has 0 saturated carbocycles. The maximum atomic E-state index is 12.3. The summed E-state index contributed by atoms with van der Waals surface area (Å²) in [5.74, 6) is 1.06. The predicted octanol–water partition coefficient (Wildman–Crippen LogP) is 5.20. The van der Waals surface area contributed by atoms with Gasteiger partial charge in [0.1, 0.15) is 11.5 Å². The molecule has 0 N–H and O–H groups in total. The number of carbonyl (C=O) groups is 1. The largest absolute Gasteiger partial charge is 0.496 e. The van der Waals surface area contributed by atoms with Gasteiger partial charge in [0.15, 0.2) is 0 Å². The number of aryl methyl sites for hydroxylation is 2. The van der Waals surface area contributed by atoms with Gasteiger partial charge < -0.3 is 14.2 Å². The summed E-state index contributed by atoms with van der Waals surface area (Å²) in [5.41, 5.74) is 4.23. The molecule has 140 valence electrons. The predicted molar refractivity (Wildman–Crippen MR) is 104 cm³/mol. The number of methoxy groups -OCH3 is 3. The molecule has 0 bridgehead atoms. The Morgan fingerprint density at radius 1 is 1.00 bits per heavy atom. The van der Waals surface area contributed by atoms with Crippen LogP contribution < -0.4 is 9.47 Å². The highest BCUT2D eigenvalue weighted by Crippen LogP contribution is 2.43. The molecule has 0 heterocycles. The van der Waals surface area contributed by atoms with E-state index in [1.165, 1.54) is 13.5 Å². The molecule has 0 aliphatic heterocycles. The summed E-state index contributed by atoms with van der Waals surface area (Å²) < 4.78 is 16.4. The summed E-state index contributed by atoms with van der Waals surface area (Å²) in [4.78, 5) is 12.3. The Bertz CT molecular complexity index is 765. The minimum Gasteiger partial charge on any atom is -0.496 e. The van der Waals surface area contributed by atoms with Crippen molar-refractivity contribution in [2.24, 2.45) is 0 Å². The van der Waals surface area contributed by atoms with Crippen molar-refractivity contribution in [2.75, 3.05) is 21.3 Å².